The lowest BCUT2D eigenvalue weighted by molar-refractivity contribution is -0.141. The van der Waals surface area contributed by atoms with E-state index >= 15 is 0 Å². The van der Waals surface area contributed by atoms with Crippen LogP contribution in [0.4, 0.5) is 0 Å². The number of aromatic nitrogens is 1. The Kier molecular flexibility index (Phi) is 7.91. The lowest BCUT2D eigenvalue weighted by atomic mass is 9.88. The standard InChI is InChI=1S/C23H31N3O3/c1-14(2)10-20-19(12-24)23(17-8-6-15(3)7-9-17)18(16(4)26-20)11-21(27)25-13-22(28)29-5/h6-9,14H,10-13,24H2,1-5H3,(H,25,27). The van der Waals surface area contributed by atoms with Crippen LogP contribution in [0.3, 0.4) is 0 Å². The predicted octanol–water partition coefficient (Wildman–Crippen LogP) is 2.85. The number of rotatable bonds is 8. The molecule has 1 heterocycles. The van der Waals surface area contributed by atoms with Gasteiger partial charge in [-0.2, -0.15) is 0 Å². The fourth-order valence-electron chi connectivity index (χ4n) is 3.37. The van der Waals surface area contributed by atoms with Gasteiger partial charge < -0.3 is 15.8 Å². The van der Waals surface area contributed by atoms with Gasteiger partial charge in [-0.25, -0.2) is 0 Å². The maximum atomic E-state index is 12.5. The normalized spacial score (nSPS) is 10.9. The van der Waals surface area contributed by atoms with Gasteiger partial charge >= 0.3 is 5.97 Å². The molecule has 0 unspecified atom stereocenters. The van der Waals surface area contributed by atoms with Gasteiger partial charge in [-0.05, 0) is 48.4 Å². The number of nitrogens with two attached hydrogens (primary N) is 1. The number of aryl methyl sites for hydroxylation is 2. The van der Waals surface area contributed by atoms with E-state index < -0.39 is 5.97 Å². The van der Waals surface area contributed by atoms with Crippen molar-refractivity contribution in [3.05, 3.63) is 52.3 Å². The molecule has 0 bridgehead atoms. The first-order valence-corrected chi connectivity index (χ1v) is 9.88. The number of ether oxygens (including phenoxy) is 1. The van der Waals surface area contributed by atoms with E-state index in [0.29, 0.717) is 12.5 Å². The van der Waals surface area contributed by atoms with Gasteiger partial charge in [0.25, 0.3) is 0 Å². The van der Waals surface area contributed by atoms with Crippen LogP contribution in [0.5, 0.6) is 0 Å². The second kappa shape index (κ2) is 10.2. The molecule has 29 heavy (non-hydrogen) atoms. The van der Waals surface area contributed by atoms with Gasteiger partial charge in [-0.1, -0.05) is 43.7 Å². The van der Waals surface area contributed by atoms with Crippen LogP contribution in [0.25, 0.3) is 11.1 Å². The molecule has 1 amide bonds. The van der Waals surface area contributed by atoms with Crippen LogP contribution < -0.4 is 11.1 Å². The van der Waals surface area contributed by atoms with Crippen LogP contribution in [0, 0.1) is 19.8 Å². The lowest BCUT2D eigenvalue weighted by Gasteiger charge is -2.21. The van der Waals surface area contributed by atoms with E-state index in [9.17, 15) is 9.59 Å². The predicted molar refractivity (Wildman–Crippen MR) is 114 cm³/mol. The van der Waals surface area contributed by atoms with Crippen molar-refractivity contribution in [1.29, 1.82) is 0 Å². The molecule has 3 N–H and O–H groups in total. The second-order valence-corrected chi connectivity index (χ2v) is 7.67. The second-order valence-electron chi connectivity index (χ2n) is 7.67. The van der Waals surface area contributed by atoms with Crippen molar-refractivity contribution in [3.8, 4) is 11.1 Å². The number of carbonyl (C=O) groups is 2. The summed E-state index contributed by atoms with van der Waals surface area (Å²) in [7, 11) is 1.29. The van der Waals surface area contributed by atoms with E-state index in [1.807, 2.05) is 13.8 Å². The smallest absolute Gasteiger partial charge is 0.325 e. The molecule has 0 saturated heterocycles. The first-order chi connectivity index (χ1) is 13.8. The molecule has 0 atom stereocenters. The molecule has 156 valence electrons. The summed E-state index contributed by atoms with van der Waals surface area (Å²) in [5.74, 6) is -0.303. The van der Waals surface area contributed by atoms with Crippen molar-refractivity contribution in [1.82, 2.24) is 10.3 Å². The number of pyridine rings is 1. The molecule has 0 aliphatic carbocycles. The molecule has 2 rings (SSSR count). The summed E-state index contributed by atoms with van der Waals surface area (Å²) >= 11 is 0. The maximum Gasteiger partial charge on any atom is 0.325 e. The third-order valence-electron chi connectivity index (χ3n) is 4.83. The Morgan fingerprint density at radius 3 is 2.34 bits per heavy atom. The van der Waals surface area contributed by atoms with Crippen molar-refractivity contribution in [2.45, 2.75) is 47.1 Å². The summed E-state index contributed by atoms with van der Waals surface area (Å²) in [6, 6.07) is 8.21. The first kappa shape index (κ1) is 22.6. The van der Waals surface area contributed by atoms with E-state index in [0.717, 1.165) is 45.6 Å². The molecule has 1 aromatic heterocycles. The minimum Gasteiger partial charge on any atom is -0.468 e. The number of amides is 1. The topological polar surface area (TPSA) is 94.3 Å². The van der Waals surface area contributed by atoms with Crippen molar-refractivity contribution < 1.29 is 14.3 Å². The van der Waals surface area contributed by atoms with Crippen LogP contribution in [-0.2, 0) is 33.7 Å². The molecule has 2 aromatic rings. The highest BCUT2D eigenvalue weighted by Gasteiger charge is 2.21. The average molecular weight is 398 g/mol. The highest BCUT2D eigenvalue weighted by Crippen LogP contribution is 2.33. The Morgan fingerprint density at radius 2 is 1.79 bits per heavy atom. The number of hydrogen-bond donors (Lipinski definition) is 2. The number of hydrogen-bond acceptors (Lipinski definition) is 5. The first-order valence-electron chi connectivity index (χ1n) is 9.88. The van der Waals surface area contributed by atoms with Crippen LogP contribution in [0.1, 0.15) is 41.9 Å². The maximum absolute atomic E-state index is 12.5. The van der Waals surface area contributed by atoms with Crippen molar-refractivity contribution >= 4 is 11.9 Å². The Hall–Kier alpha value is -2.73. The minimum absolute atomic E-state index is 0.119. The van der Waals surface area contributed by atoms with Crippen molar-refractivity contribution in [3.63, 3.8) is 0 Å². The largest absolute Gasteiger partial charge is 0.468 e. The monoisotopic (exact) mass is 397 g/mol. The number of nitrogens with zero attached hydrogens (tertiary/aromatic N) is 1. The third kappa shape index (κ3) is 5.87. The Balaban J connectivity index is 2.54. The fraction of sp³-hybridized carbons (Fsp3) is 0.435. The van der Waals surface area contributed by atoms with E-state index in [1.54, 1.807) is 0 Å². The Morgan fingerprint density at radius 1 is 1.14 bits per heavy atom. The van der Waals surface area contributed by atoms with Gasteiger partial charge in [-0.15, -0.1) is 0 Å². The number of carbonyl (C=O) groups excluding carboxylic acids is 2. The Bertz CT molecular complexity index is 874. The zero-order valence-corrected chi connectivity index (χ0v) is 18.0. The van der Waals surface area contributed by atoms with Gasteiger partial charge in [0, 0.05) is 17.9 Å². The van der Waals surface area contributed by atoms with E-state index in [2.05, 4.69) is 48.2 Å². The van der Waals surface area contributed by atoms with Gasteiger partial charge in [0.2, 0.25) is 5.91 Å². The lowest BCUT2D eigenvalue weighted by Crippen LogP contribution is -2.31. The van der Waals surface area contributed by atoms with Crippen LogP contribution in [0.15, 0.2) is 24.3 Å². The summed E-state index contributed by atoms with van der Waals surface area (Å²) in [4.78, 5) is 28.6. The summed E-state index contributed by atoms with van der Waals surface area (Å²) in [5, 5.41) is 2.61. The van der Waals surface area contributed by atoms with Gasteiger partial charge in [0.1, 0.15) is 6.54 Å². The summed E-state index contributed by atoms with van der Waals surface area (Å²) < 4.78 is 4.59. The highest BCUT2D eigenvalue weighted by molar-refractivity contribution is 5.86. The van der Waals surface area contributed by atoms with Crippen LogP contribution >= 0.6 is 0 Å². The van der Waals surface area contributed by atoms with Gasteiger partial charge in [0.05, 0.1) is 13.5 Å². The van der Waals surface area contributed by atoms with Crippen molar-refractivity contribution in [2.75, 3.05) is 13.7 Å². The molecule has 0 saturated carbocycles. The number of benzene rings is 1. The zero-order chi connectivity index (χ0) is 21.6. The number of methoxy groups -OCH3 is 1. The molecule has 0 aliphatic heterocycles. The van der Waals surface area contributed by atoms with Gasteiger partial charge in [0.15, 0.2) is 0 Å². The molecule has 6 nitrogen and oxygen atoms in total. The number of esters is 1. The Labute approximate surface area is 172 Å². The highest BCUT2D eigenvalue weighted by atomic mass is 16.5. The molecule has 0 fully saturated rings. The molecular weight excluding hydrogens is 366 g/mol. The molecule has 6 heteroatoms. The van der Waals surface area contributed by atoms with E-state index in [4.69, 9.17) is 10.7 Å². The SMILES string of the molecule is COC(=O)CNC(=O)Cc1c(C)nc(CC(C)C)c(CN)c1-c1ccc(C)cc1. The molecule has 0 aliphatic rings. The minimum atomic E-state index is -0.484. The molecule has 0 spiro atoms. The number of nitrogens with one attached hydrogen (secondary N) is 1. The molecular formula is C23H31N3O3. The van der Waals surface area contributed by atoms with Crippen LogP contribution in [0.2, 0.25) is 0 Å². The third-order valence-corrected chi connectivity index (χ3v) is 4.83. The van der Waals surface area contributed by atoms with E-state index in [1.165, 1.54) is 7.11 Å². The summed E-state index contributed by atoms with van der Waals surface area (Å²) in [5.41, 5.74) is 12.9. The summed E-state index contributed by atoms with van der Waals surface area (Å²) in [6.45, 7) is 8.45. The molecule has 0 radical (unpaired) electrons. The fourth-order valence-corrected chi connectivity index (χ4v) is 3.37. The van der Waals surface area contributed by atoms with Crippen molar-refractivity contribution in [2.24, 2.45) is 11.7 Å². The molecule has 1 aromatic carbocycles. The quantitative estimate of drug-likeness (QED) is 0.668. The zero-order valence-electron chi connectivity index (χ0n) is 18.0. The van der Waals surface area contributed by atoms with Crippen LogP contribution in [-0.4, -0.2) is 30.5 Å². The van der Waals surface area contributed by atoms with E-state index in [-0.39, 0.29) is 18.9 Å². The summed E-state index contributed by atoms with van der Waals surface area (Å²) in [6.07, 6.45) is 0.940. The average Bonchev–Trinajstić information content (AvgIpc) is 2.68. The van der Waals surface area contributed by atoms with Gasteiger partial charge in [-0.3, -0.25) is 14.6 Å².